The SMILES string of the molecule is O=C(COC(=O)c1cnccn1)Nc1ccc(S(=O)(=O)N2CCCCCC2)cc1. The topological polar surface area (TPSA) is 119 Å². The predicted octanol–water partition coefficient (Wildman–Crippen LogP) is 1.84. The lowest BCUT2D eigenvalue weighted by molar-refractivity contribution is -0.119. The number of ether oxygens (including phenoxy) is 1. The van der Waals surface area contributed by atoms with Crippen LogP contribution in [-0.2, 0) is 19.6 Å². The summed E-state index contributed by atoms with van der Waals surface area (Å²) in [6, 6.07) is 5.93. The maximum Gasteiger partial charge on any atom is 0.359 e. The first-order valence-electron chi connectivity index (χ1n) is 9.30. The number of amides is 1. The van der Waals surface area contributed by atoms with Crippen LogP contribution < -0.4 is 5.32 Å². The minimum absolute atomic E-state index is 0.00312. The van der Waals surface area contributed by atoms with Gasteiger partial charge in [-0.2, -0.15) is 4.31 Å². The second kappa shape index (κ2) is 9.57. The van der Waals surface area contributed by atoms with Gasteiger partial charge in [0.15, 0.2) is 12.3 Å². The number of rotatable bonds is 6. The quantitative estimate of drug-likeness (QED) is 0.711. The minimum atomic E-state index is -3.54. The van der Waals surface area contributed by atoms with Crippen LogP contribution in [-0.4, -0.2) is 54.3 Å². The van der Waals surface area contributed by atoms with E-state index in [0.717, 1.165) is 25.7 Å². The summed E-state index contributed by atoms with van der Waals surface area (Å²) < 4.78 is 31.9. The summed E-state index contributed by atoms with van der Waals surface area (Å²) in [5.41, 5.74) is 0.406. The van der Waals surface area contributed by atoms with Gasteiger partial charge in [0.1, 0.15) is 0 Å². The van der Waals surface area contributed by atoms with Gasteiger partial charge < -0.3 is 10.1 Å². The van der Waals surface area contributed by atoms with E-state index in [0.29, 0.717) is 18.8 Å². The monoisotopic (exact) mass is 418 g/mol. The Morgan fingerprint density at radius 2 is 1.72 bits per heavy atom. The second-order valence-corrected chi connectivity index (χ2v) is 8.50. The van der Waals surface area contributed by atoms with E-state index in [-0.39, 0.29) is 10.6 Å². The van der Waals surface area contributed by atoms with Gasteiger partial charge in [-0.3, -0.25) is 9.78 Å². The van der Waals surface area contributed by atoms with E-state index < -0.39 is 28.5 Å². The zero-order valence-corrected chi connectivity index (χ0v) is 16.6. The number of sulfonamides is 1. The Morgan fingerprint density at radius 1 is 1.03 bits per heavy atom. The molecule has 1 N–H and O–H groups in total. The van der Waals surface area contributed by atoms with Gasteiger partial charge in [-0.25, -0.2) is 18.2 Å². The van der Waals surface area contributed by atoms with Crippen molar-refractivity contribution in [3.63, 3.8) is 0 Å². The first-order chi connectivity index (χ1) is 14.0. The molecule has 10 heteroatoms. The molecule has 0 saturated carbocycles. The van der Waals surface area contributed by atoms with E-state index >= 15 is 0 Å². The molecular formula is C19H22N4O5S. The van der Waals surface area contributed by atoms with Crippen molar-refractivity contribution in [2.75, 3.05) is 25.0 Å². The summed E-state index contributed by atoms with van der Waals surface area (Å²) in [7, 11) is -3.54. The van der Waals surface area contributed by atoms with Gasteiger partial charge in [0, 0.05) is 31.2 Å². The van der Waals surface area contributed by atoms with E-state index in [4.69, 9.17) is 4.74 Å². The molecule has 1 aliphatic heterocycles. The summed E-state index contributed by atoms with van der Waals surface area (Å²) in [4.78, 5) is 31.4. The summed E-state index contributed by atoms with van der Waals surface area (Å²) in [5.74, 6) is -1.31. The maximum absolute atomic E-state index is 12.8. The van der Waals surface area contributed by atoms with E-state index in [1.165, 1.54) is 47.2 Å². The average Bonchev–Trinajstić information content (AvgIpc) is 3.03. The fourth-order valence-electron chi connectivity index (χ4n) is 2.95. The third kappa shape index (κ3) is 5.58. The van der Waals surface area contributed by atoms with Crippen molar-refractivity contribution >= 4 is 27.6 Å². The molecule has 2 heterocycles. The van der Waals surface area contributed by atoms with Crippen molar-refractivity contribution in [1.82, 2.24) is 14.3 Å². The van der Waals surface area contributed by atoms with Gasteiger partial charge >= 0.3 is 5.97 Å². The van der Waals surface area contributed by atoms with Crippen molar-refractivity contribution in [2.45, 2.75) is 30.6 Å². The number of aromatic nitrogens is 2. The molecule has 0 spiro atoms. The number of nitrogens with one attached hydrogen (secondary N) is 1. The molecule has 0 unspecified atom stereocenters. The van der Waals surface area contributed by atoms with E-state index in [1.54, 1.807) is 0 Å². The van der Waals surface area contributed by atoms with Crippen molar-refractivity contribution in [3.8, 4) is 0 Å². The molecule has 0 bridgehead atoms. The lowest BCUT2D eigenvalue weighted by atomic mass is 10.2. The van der Waals surface area contributed by atoms with E-state index in [9.17, 15) is 18.0 Å². The molecule has 1 amide bonds. The zero-order valence-electron chi connectivity index (χ0n) is 15.8. The Hall–Kier alpha value is -2.85. The Kier molecular flexibility index (Phi) is 6.89. The van der Waals surface area contributed by atoms with Gasteiger partial charge in [0.2, 0.25) is 10.0 Å². The third-order valence-corrected chi connectivity index (χ3v) is 6.36. The third-order valence-electron chi connectivity index (χ3n) is 4.45. The highest BCUT2D eigenvalue weighted by molar-refractivity contribution is 7.89. The molecule has 29 heavy (non-hydrogen) atoms. The number of anilines is 1. The lowest BCUT2D eigenvalue weighted by Gasteiger charge is -2.20. The van der Waals surface area contributed by atoms with Crippen LogP contribution in [0, 0.1) is 0 Å². The molecule has 0 aliphatic carbocycles. The van der Waals surface area contributed by atoms with Gasteiger partial charge in [0.05, 0.1) is 11.1 Å². The number of carbonyl (C=O) groups excluding carboxylic acids is 2. The standard InChI is InChI=1S/C19H22N4O5S/c24-18(14-28-19(25)17-13-20-9-10-21-17)22-15-5-7-16(8-6-15)29(26,27)23-11-3-1-2-4-12-23/h5-10,13H,1-4,11-12,14H2,(H,22,24). The van der Waals surface area contributed by atoms with Crippen molar-refractivity contribution in [1.29, 1.82) is 0 Å². The average molecular weight is 418 g/mol. The Balaban J connectivity index is 1.55. The molecule has 1 aromatic carbocycles. The Labute approximate surface area is 169 Å². The van der Waals surface area contributed by atoms with Crippen LogP contribution in [0.5, 0.6) is 0 Å². The smallest absolute Gasteiger partial charge is 0.359 e. The largest absolute Gasteiger partial charge is 0.451 e. The van der Waals surface area contributed by atoms with E-state index in [1.807, 2.05) is 0 Å². The molecule has 154 valence electrons. The molecule has 3 rings (SSSR count). The number of hydrogen-bond acceptors (Lipinski definition) is 7. The fraction of sp³-hybridized carbons (Fsp3) is 0.368. The van der Waals surface area contributed by atoms with Crippen LogP contribution in [0.4, 0.5) is 5.69 Å². The highest BCUT2D eigenvalue weighted by atomic mass is 32.2. The van der Waals surface area contributed by atoms with Crippen molar-refractivity contribution in [2.24, 2.45) is 0 Å². The van der Waals surface area contributed by atoms with Crippen LogP contribution in [0.15, 0.2) is 47.8 Å². The molecule has 2 aromatic rings. The fourth-order valence-corrected chi connectivity index (χ4v) is 4.47. The Morgan fingerprint density at radius 3 is 2.34 bits per heavy atom. The number of benzene rings is 1. The molecule has 0 atom stereocenters. The number of carbonyl (C=O) groups is 2. The summed E-state index contributed by atoms with van der Waals surface area (Å²) >= 11 is 0. The number of esters is 1. The normalized spacial score (nSPS) is 15.3. The maximum atomic E-state index is 12.8. The molecule has 0 radical (unpaired) electrons. The highest BCUT2D eigenvalue weighted by Gasteiger charge is 2.25. The molecule has 1 aromatic heterocycles. The van der Waals surface area contributed by atoms with Crippen molar-refractivity contribution in [3.05, 3.63) is 48.5 Å². The summed E-state index contributed by atoms with van der Waals surface area (Å²) in [5, 5.41) is 2.56. The van der Waals surface area contributed by atoms with Crippen LogP contribution in [0.2, 0.25) is 0 Å². The second-order valence-electron chi connectivity index (χ2n) is 6.56. The van der Waals surface area contributed by atoms with Gasteiger partial charge in [-0.05, 0) is 37.1 Å². The van der Waals surface area contributed by atoms with Gasteiger partial charge in [0.25, 0.3) is 5.91 Å². The van der Waals surface area contributed by atoms with Gasteiger partial charge in [-0.15, -0.1) is 0 Å². The highest BCUT2D eigenvalue weighted by Crippen LogP contribution is 2.21. The van der Waals surface area contributed by atoms with Crippen molar-refractivity contribution < 1.29 is 22.7 Å². The van der Waals surface area contributed by atoms with E-state index in [2.05, 4.69) is 15.3 Å². The number of nitrogens with zero attached hydrogens (tertiary/aromatic N) is 3. The van der Waals surface area contributed by atoms with Crippen LogP contribution >= 0.6 is 0 Å². The predicted molar refractivity (Wildman–Crippen MR) is 105 cm³/mol. The lowest BCUT2D eigenvalue weighted by Crippen LogP contribution is -2.31. The summed E-state index contributed by atoms with van der Waals surface area (Å²) in [6.45, 7) is 0.555. The van der Waals surface area contributed by atoms with Crippen LogP contribution in [0.3, 0.4) is 0 Å². The molecular weight excluding hydrogens is 396 g/mol. The zero-order chi connectivity index (χ0) is 20.7. The summed E-state index contributed by atoms with van der Waals surface area (Å²) in [6.07, 6.45) is 7.81. The number of hydrogen-bond donors (Lipinski definition) is 1. The first-order valence-corrected chi connectivity index (χ1v) is 10.7. The van der Waals surface area contributed by atoms with Gasteiger partial charge in [-0.1, -0.05) is 12.8 Å². The first kappa shape index (κ1) is 20.9. The molecule has 9 nitrogen and oxygen atoms in total. The molecule has 1 saturated heterocycles. The van der Waals surface area contributed by atoms with Crippen LogP contribution in [0.25, 0.3) is 0 Å². The Bertz CT molecular complexity index is 940. The van der Waals surface area contributed by atoms with Crippen LogP contribution in [0.1, 0.15) is 36.2 Å². The minimum Gasteiger partial charge on any atom is -0.451 e. The molecule has 1 fully saturated rings. The molecule has 1 aliphatic rings.